The van der Waals surface area contributed by atoms with Crippen LogP contribution in [0.3, 0.4) is 0 Å². The van der Waals surface area contributed by atoms with Crippen molar-refractivity contribution in [3.63, 3.8) is 0 Å². The first kappa shape index (κ1) is 14.0. The molecule has 0 unspecified atom stereocenters. The number of benzene rings is 1. The highest BCUT2D eigenvalue weighted by molar-refractivity contribution is 5.81. The van der Waals surface area contributed by atoms with Crippen LogP contribution in [0.2, 0.25) is 0 Å². The number of hydrogen-bond donors (Lipinski definition) is 3. The Kier molecular flexibility index (Phi) is 4.62. The number of phenols is 1. The molecular formula is C14H16N4O2. The molecule has 104 valence electrons. The van der Waals surface area contributed by atoms with Crippen molar-refractivity contribution in [2.45, 2.75) is 19.0 Å². The van der Waals surface area contributed by atoms with Gasteiger partial charge >= 0.3 is 0 Å². The monoisotopic (exact) mass is 272 g/mol. The SMILES string of the molecule is N[C@H](Cc1ccc(O)cc1)C(=O)NCc1cccnn1. The van der Waals surface area contributed by atoms with Crippen LogP contribution in [0.5, 0.6) is 5.75 Å². The molecule has 0 radical (unpaired) electrons. The average molecular weight is 272 g/mol. The van der Waals surface area contributed by atoms with Gasteiger partial charge in [0, 0.05) is 6.20 Å². The molecule has 1 aromatic heterocycles. The number of rotatable bonds is 5. The molecule has 0 bridgehead atoms. The predicted molar refractivity (Wildman–Crippen MR) is 73.7 cm³/mol. The fourth-order valence-electron chi connectivity index (χ4n) is 1.72. The van der Waals surface area contributed by atoms with Crippen LogP contribution in [0.1, 0.15) is 11.3 Å². The number of aromatic nitrogens is 2. The molecule has 1 atom stereocenters. The number of nitrogens with two attached hydrogens (primary N) is 1. The number of amides is 1. The molecule has 0 aliphatic heterocycles. The quantitative estimate of drug-likeness (QED) is 0.730. The third kappa shape index (κ3) is 4.03. The number of nitrogens with one attached hydrogen (secondary N) is 1. The number of aromatic hydroxyl groups is 1. The minimum absolute atomic E-state index is 0.189. The molecule has 0 fully saturated rings. The molecule has 6 heteroatoms. The molecule has 1 amide bonds. The molecular weight excluding hydrogens is 256 g/mol. The zero-order chi connectivity index (χ0) is 14.4. The number of nitrogens with zero attached hydrogens (tertiary/aromatic N) is 2. The molecule has 6 nitrogen and oxygen atoms in total. The Hall–Kier alpha value is -2.47. The highest BCUT2D eigenvalue weighted by atomic mass is 16.3. The number of carbonyl (C=O) groups excluding carboxylic acids is 1. The lowest BCUT2D eigenvalue weighted by atomic mass is 10.1. The Morgan fingerprint density at radius 3 is 2.70 bits per heavy atom. The molecule has 2 aromatic rings. The van der Waals surface area contributed by atoms with Crippen molar-refractivity contribution in [2.75, 3.05) is 0 Å². The molecule has 2 rings (SSSR count). The largest absolute Gasteiger partial charge is 0.508 e. The maximum absolute atomic E-state index is 11.9. The van der Waals surface area contributed by atoms with Crippen molar-refractivity contribution in [1.29, 1.82) is 0 Å². The summed E-state index contributed by atoms with van der Waals surface area (Å²) in [4.78, 5) is 11.9. The Labute approximate surface area is 116 Å². The molecule has 0 spiro atoms. The minimum Gasteiger partial charge on any atom is -0.508 e. The van der Waals surface area contributed by atoms with Gasteiger partial charge in [-0.3, -0.25) is 4.79 Å². The van der Waals surface area contributed by atoms with E-state index in [1.165, 1.54) is 0 Å². The van der Waals surface area contributed by atoms with Crippen LogP contribution in [0.4, 0.5) is 0 Å². The molecule has 0 aliphatic rings. The van der Waals surface area contributed by atoms with E-state index in [0.29, 0.717) is 18.7 Å². The maximum atomic E-state index is 11.9. The van der Waals surface area contributed by atoms with Crippen molar-refractivity contribution in [1.82, 2.24) is 15.5 Å². The van der Waals surface area contributed by atoms with Crippen LogP contribution in [0.15, 0.2) is 42.6 Å². The Morgan fingerprint density at radius 1 is 1.30 bits per heavy atom. The third-order valence-electron chi connectivity index (χ3n) is 2.80. The van der Waals surface area contributed by atoms with Crippen LogP contribution < -0.4 is 11.1 Å². The summed E-state index contributed by atoms with van der Waals surface area (Å²) in [5.41, 5.74) is 7.41. The van der Waals surface area contributed by atoms with E-state index in [9.17, 15) is 9.90 Å². The standard InChI is InChI=1S/C14H16N4O2/c15-13(8-10-3-5-12(19)6-4-10)14(20)16-9-11-2-1-7-17-18-11/h1-7,13,19H,8-9,15H2,(H,16,20)/t13-/m1/s1. The smallest absolute Gasteiger partial charge is 0.237 e. The maximum Gasteiger partial charge on any atom is 0.237 e. The Morgan fingerprint density at radius 2 is 2.05 bits per heavy atom. The average Bonchev–Trinajstić information content (AvgIpc) is 2.48. The minimum atomic E-state index is -0.642. The molecule has 0 saturated heterocycles. The van der Waals surface area contributed by atoms with Gasteiger partial charge in [-0.05, 0) is 36.2 Å². The van der Waals surface area contributed by atoms with Gasteiger partial charge in [-0.1, -0.05) is 12.1 Å². The molecule has 0 saturated carbocycles. The number of carbonyl (C=O) groups is 1. The normalized spacial score (nSPS) is 11.8. The lowest BCUT2D eigenvalue weighted by Crippen LogP contribution is -2.41. The molecule has 4 N–H and O–H groups in total. The Bertz CT molecular complexity index is 557. The lowest BCUT2D eigenvalue weighted by Gasteiger charge is -2.12. The topological polar surface area (TPSA) is 101 Å². The Balaban J connectivity index is 1.84. The summed E-state index contributed by atoms with van der Waals surface area (Å²) in [6.45, 7) is 0.302. The molecule has 1 aromatic carbocycles. The van der Waals surface area contributed by atoms with Crippen LogP contribution >= 0.6 is 0 Å². The highest BCUT2D eigenvalue weighted by Gasteiger charge is 2.13. The summed E-state index contributed by atoms with van der Waals surface area (Å²) in [6, 6.07) is 9.51. The van der Waals surface area contributed by atoms with Crippen molar-refractivity contribution in [2.24, 2.45) is 5.73 Å². The van der Waals surface area contributed by atoms with E-state index >= 15 is 0 Å². The highest BCUT2D eigenvalue weighted by Crippen LogP contribution is 2.10. The second-order valence-corrected chi connectivity index (χ2v) is 4.41. The van der Waals surface area contributed by atoms with Gasteiger partial charge < -0.3 is 16.2 Å². The van der Waals surface area contributed by atoms with E-state index in [1.807, 2.05) is 0 Å². The van der Waals surface area contributed by atoms with Crippen molar-refractivity contribution in [3.05, 3.63) is 53.9 Å². The van der Waals surface area contributed by atoms with Crippen LogP contribution in [-0.2, 0) is 17.8 Å². The first-order valence-corrected chi connectivity index (χ1v) is 6.23. The van der Waals surface area contributed by atoms with Crippen molar-refractivity contribution < 1.29 is 9.90 Å². The van der Waals surface area contributed by atoms with Crippen LogP contribution in [-0.4, -0.2) is 27.3 Å². The molecule has 1 heterocycles. The van der Waals surface area contributed by atoms with Gasteiger partial charge in [0.05, 0.1) is 18.3 Å². The van der Waals surface area contributed by atoms with Crippen molar-refractivity contribution >= 4 is 5.91 Å². The summed E-state index contributed by atoms with van der Waals surface area (Å²) in [5.74, 6) is -0.0573. The summed E-state index contributed by atoms with van der Waals surface area (Å²) < 4.78 is 0. The van der Waals surface area contributed by atoms with E-state index in [1.54, 1.807) is 42.6 Å². The fraction of sp³-hybridized carbons (Fsp3) is 0.214. The summed E-state index contributed by atoms with van der Waals surface area (Å²) in [5, 5.41) is 19.5. The van der Waals surface area contributed by atoms with E-state index in [2.05, 4.69) is 15.5 Å². The van der Waals surface area contributed by atoms with Crippen LogP contribution in [0.25, 0.3) is 0 Å². The third-order valence-corrected chi connectivity index (χ3v) is 2.80. The molecule has 0 aliphatic carbocycles. The second-order valence-electron chi connectivity index (χ2n) is 4.41. The van der Waals surface area contributed by atoms with Gasteiger partial charge in [-0.25, -0.2) is 0 Å². The van der Waals surface area contributed by atoms with E-state index in [-0.39, 0.29) is 11.7 Å². The first-order valence-electron chi connectivity index (χ1n) is 6.23. The van der Waals surface area contributed by atoms with Gasteiger partial charge in [0.2, 0.25) is 5.91 Å². The number of hydrogen-bond acceptors (Lipinski definition) is 5. The zero-order valence-corrected chi connectivity index (χ0v) is 10.9. The van der Waals surface area contributed by atoms with Gasteiger partial charge in [0.1, 0.15) is 5.75 Å². The van der Waals surface area contributed by atoms with E-state index in [0.717, 1.165) is 5.56 Å². The summed E-state index contributed by atoms with van der Waals surface area (Å²) >= 11 is 0. The van der Waals surface area contributed by atoms with Gasteiger partial charge in [-0.15, -0.1) is 0 Å². The number of phenolic OH excluding ortho intramolecular Hbond substituents is 1. The van der Waals surface area contributed by atoms with Gasteiger partial charge in [0.25, 0.3) is 0 Å². The summed E-state index contributed by atoms with van der Waals surface area (Å²) in [7, 11) is 0. The second kappa shape index (κ2) is 6.63. The van der Waals surface area contributed by atoms with E-state index < -0.39 is 6.04 Å². The van der Waals surface area contributed by atoms with Crippen LogP contribution in [0, 0.1) is 0 Å². The summed E-state index contributed by atoms with van der Waals surface area (Å²) in [6.07, 6.45) is 1.98. The van der Waals surface area contributed by atoms with Gasteiger partial charge in [0.15, 0.2) is 0 Å². The van der Waals surface area contributed by atoms with Crippen molar-refractivity contribution in [3.8, 4) is 5.75 Å². The molecule has 20 heavy (non-hydrogen) atoms. The van der Waals surface area contributed by atoms with E-state index in [4.69, 9.17) is 5.73 Å². The fourth-order valence-corrected chi connectivity index (χ4v) is 1.72. The lowest BCUT2D eigenvalue weighted by molar-refractivity contribution is -0.122. The van der Waals surface area contributed by atoms with Gasteiger partial charge in [-0.2, -0.15) is 10.2 Å². The first-order chi connectivity index (χ1) is 9.65. The zero-order valence-electron chi connectivity index (χ0n) is 10.9. The predicted octanol–water partition coefficient (Wildman–Crippen LogP) is 0.368.